The Bertz CT molecular complexity index is 437. The van der Waals surface area contributed by atoms with Crippen molar-refractivity contribution in [2.24, 2.45) is 0 Å². The minimum Gasteiger partial charge on any atom is -0.352 e. The maximum Gasteiger partial charge on any atom is 0.252 e. The molecule has 0 aromatic heterocycles. The summed E-state index contributed by atoms with van der Waals surface area (Å²) in [4.78, 5) is 12.6. The number of halogens is 1. The summed E-state index contributed by atoms with van der Waals surface area (Å²) in [5.41, 5.74) is 0.565. The van der Waals surface area contributed by atoms with Crippen molar-refractivity contribution in [2.45, 2.75) is 11.3 Å². The van der Waals surface area contributed by atoms with E-state index in [0.29, 0.717) is 24.3 Å². The number of benzene rings is 1. The zero-order valence-corrected chi connectivity index (χ0v) is 12.7. The van der Waals surface area contributed by atoms with Crippen LogP contribution in [0.2, 0.25) is 0 Å². The highest BCUT2D eigenvalue weighted by Crippen LogP contribution is 2.19. The van der Waals surface area contributed by atoms with Gasteiger partial charge in [-0.1, -0.05) is 0 Å². The van der Waals surface area contributed by atoms with Crippen LogP contribution in [0.25, 0.3) is 0 Å². The minimum absolute atomic E-state index is 0.144. The van der Waals surface area contributed by atoms with E-state index in [1.807, 2.05) is 6.07 Å². The van der Waals surface area contributed by atoms with Crippen LogP contribution in [0.5, 0.6) is 0 Å². The van der Waals surface area contributed by atoms with Gasteiger partial charge >= 0.3 is 0 Å². The summed E-state index contributed by atoms with van der Waals surface area (Å²) in [6.07, 6.45) is 2.37. The molecule has 94 valence electrons. The van der Waals surface area contributed by atoms with E-state index in [1.165, 1.54) is 0 Å². The molecule has 1 unspecified atom stereocenters. The lowest BCUT2D eigenvalue weighted by molar-refractivity contribution is 0.0952. The summed E-state index contributed by atoms with van der Waals surface area (Å²) in [5, 5.41) is 2.79. The third-order valence-electron chi connectivity index (χ3n) is 2.09. The molecule has 0 heterocycles. The molecule has 3 nitrogen and oxygen atoms in total. The van der Waals surface area contributed by atoms with Gasteiger partial charge in [-0.3, -0.25) is 9.00 Å². The van der Waals surface area contributed by atoms with Gasteiger partial charge in [-0.25, -0.2) is 0 Å². The molecule has 0 aliphatic heterocycles. The first-order valence-electron chi connectivity index (χ1n) is 5.07. The molecule has 0 saturated carbocycles. The fourth-order valence-corrected chi connectivity index (χ4v) is 2.44. The molecule has 0 fully saturated rings. The molecule has 6 heteroatoms. The van der Waals surface area contributed by atoms with Crippen molar-refractivity contribution in [3.8, 4) is 0 Å². The van der Waals surface area contributed by atoms with Gasteiger partial charge in [0.25, 0.3) is 5.91 Å². The number of nitrogens with one attached hydrogen (secondary N) is 1. The molecule has 0 aliphatic carbocycles. The fourth-order valence-electron chi connectivity index (χ4n) is 1.26. The normalized spacial score (nSPS) is 12.2. The molecule has 0 saturated heterocycles. The highest BCUT2D eigenvalue weighted by Gasteiger charge is 2.09. The zero-order valence-electron chi connectivity index (χ0n) is 9.40. The molecule has 1 atom stereocenters. The summed E-state index contributed by atoms with van der Waals surface area (Å²) < 4.78 is 11.6. The van der Waals surface area contributed by atoms with Gasteiger partial charge in [0.2, 0.25) is 0 Å². The topological polar surface area (TPSA) is 46.2 Å². The fraction of sp³-hybridized carbons (Fsp3) is 0.364. The van der Waals surface area contributed by atoms with Gasteiger partial charge < -0.3 is 5.32 Å². The summed E-state index contributed by atoms with van der Waals surface area (Å²) in [6, 6.07) is 5.31. The number of carbonyl (C=O) groups excluding carboxylic acids is 1. The molecule has 1 amide bonds. The molecule has 0 bridgehead atoms. The quantitative estimate of drug-likeness (QED) is 0.640. The van der Waals surface area contributed by atoms with E-state index in [0.717, 1.165) is 9.37 Å². The first-order chi connectivity index (χ1) is 8.00. The van der Waals surface area contributed by atoms with Crippen molar-refractivity contribution >= 4 is 45.3 Å². The molecule has 1 aromatic rings. The van der Waals surface area contributed by atoms with E-state index < -0.39 is 10.8 Å². The predicted octanol–water partition coefficient (Wildman–Crippen LogP) is 2.24. The van der Waals surface area contributed by atoms with Gasteiger partial charge in [0.1, 0.15) is 0 Å². The van der Waals surface area contributed by atoms with Crippen LogP contribution in [-0.4, -0.2) is 28.7 Å². The molecular formula is C11H14BrNO2S2. The van der Waals surface area contributed by atoms with Gasteiger partial charge in [0.15, 0.2) is 0 Å². The van der Waals surface area contributed by atoms with Crippen LogP contribution in [0.4, 0.5) is 0 Å². The molecule has 0 radical (unpaired) electrons. The monoisotopic (exact) mass is 335 g/mol. The van der Waals surface area contributed by atoms with Crippen molar-refractivity contribution in [3.63, 3.8) is 0 Å². The van der Waals surface area contributed by atoms with Gasteiger partial charge in [0, 0.05) is 38.7 Å². The van der Waals surface area contributed by atoms with Crippen molar-refractivity contribution < 1.29 is 9.00 Å². The molecule has 17 heavy (non-hydrogen) atoms. The van der Waals surface area contributed by atoms with Crippen LogP contribution in [0, 0.1) is 0 Å². The maximum atomic E-state index is 11.8. The van der Waals surface area contributed by atoms with E-state index in [1.54, 1.807) is 18.4 Å². The van der Waals surface area contributed by atoms with E-state index in [-0.39, 0.29) is 5.91 Å². The Kier molecular flexibility index (Phi) is 6.22. The van der Waals surface area contributed by atoms with Gasteiger partial charge in [-0.2, -0.15) is 0 Å². The second kappa shape index (κ2) is 7.18. The van der Waals surface area contributed by atoms with Crippen molar-refractivity contribution in [2.75, 3.05) is 18.6 Å². The second-order valence-corrected chi connectivity index (χ2v) is 6.48. The first-order valence-corrected chi connectivity index (χ1v) is 8.04. The average Bonchev–Trinajstić information content (AvgIpc) is 2.27. The lowest BCUT2D eigenvalue weighted by Crippen LogP contribution is -2.25. The highest BCUT2D eigenvalue weighted by molar-refractivity contribution is 9.10. The molecule has 1 N–H and O–H groups in total. The smallest absolute Gasteiger partial charge is 0.252 e. The van der Waals surface area contributed by atoms with Crippen molar-refractivity contribution in [1.29, 1.82) is 0 Å². The second-order valence-electron chi connectivity index (χ2n) is 3.55. The Labute approximate surface area is 117 Å². The van der Waals surface area contributed by atoms with E-state index in [4.69, 9.17) is 0 Å². The lowest BCUT2D eigenvalue weighted by atomic mass is 10.2. The molecule has 1 rings (SSSR count). The van der Waals surface area contributed by atoms with Crippen LogP contribution in [0.1, 0.15) is 16.8 Å². The Hall–Kier alpha value is -0.330. The Balaban J connectivity index is 2.52. The number of carbonyl (C=O) groups is 1. The van der Waals surface area contributed by atoms with E-state index in [9.17, 15) is 9.00 Å². The molecule has 1 aromatic carbocycles. The van der Waals surface area contributed by atoms with Crippen molar-refractivity contribution in [1.82, 2.24) is 5.32 Å². The van der Waals surface area contributed by atoms with Gasteiger partial charge in [-0.15, -0.1) is 12.6 Å². The third-order valence-corrected chi connectivity index (χ3v) is 3.92. The summed E-state index contributed by atoms with van der Waals surface area (Å²) in [6.45, 7) is 0.529. The first kappa shape index (κ1) is 14.7. The average molecular weight is 336 g/mol. The number of rotatable bonds is 5. The van der Waals surface area contributed by atoms with E-state index in [2.05, 4.69) is 33.9 Å². The minimum atomic E-state index is -0.806. The van der Waals surface area contributed by atoms with Gasteiger partial charge in [-0.05, 0) is 40.5 Å². The SMILES string of the molecule is CS(=O)CCCNC(=O)c1cc(S)ccc1Br. The van der Waals surface area contributed by atoms with Gasteiger partial charge in [0.05, 0.1) is 5.56 Å². The Morgan fingerprint density at radius 1 is 1.53 bits per heavy atom. The number of hydrogen-bond donors (Lipinski definition) is 2. The van der Waals surface area contributed by atoms with Crippen LogP contribution >= 0.6 is 28.6 Å². The predicted molar refractivity (Wildman–Crippen MR) is 77.3 cm³/mol. The summed E-state index contributed by atoms with van der Waals surface area (Å²) in [7, 11) is -0.806. The number of hydrogen-bond acceptors (Lipinski definition) is 3. The largest absolute Gasteiger partial charge is 0.352 e. The standard InChI is InChI=1S/C11H14BrNO2S2/c1-17(15)6-2-5-13-11(14)9-7-8(16)3-4-10(9)12/h3-4,7,16H,2,5-6H2,1H3,(H,13,14). The van der Waals surface area contributed by atoms with Crippen LogP contribution in [0.3, 0.4) is 0 Å². The number of amides is 1. The Morgan fingerprint density at radius 3 is 2.88 bits per heavy atom. The number of thiol groups is 1. The molecule has 0 spiro atoms. The van der Waals surface area contributed by atoms with Crippen molar-refractivity contribution in [3.05, 3.63) is 28.2 Å². The summed E-state index contributed by atoms with van der Waals surface area (Å²) >= 11 is 7.51. The maximum absolute atomic E-state index is 11.8. The molecular weight excluding hydrogens is 322 g/mol. The van der Waals surface area contributed by atoms with Crippen LogP contribution < -0.4 is 5.32 Å². The highest BCUT2D eigenvalue weighted by atomic mass is 79.9. The third kappa shape index (κ3) is 5.23. The Morgan fingerprint density at radius 2 is 2.24 bits per heavy atom. The van der Waals surface area contributed by atoms with Crippen LogP contribution in [0.15, 0.2) is 27.6 Å². The lowest BCUT2D eigenvalue weighted by Gasteiger charge is -2.07. The zero-order chi connectivity index (χ0) is 12.8. The summed E-state index contributed by atoms with van der Waals surface area (Å²) in [5.74, 6) is 0.461. The van der Waals surface area contributed by atoms with E-state index >= 15 is 0 Å². The molecule has 0 aliphatic rings. The van der Waals surface area contributed by atoms with Crippen LogP contribution in [-0.2, 0) is 10.8 Å².